The monoisotopic (exact) mass is 317 g/mol. The largest absolute Gasteiger partial charge is 0.241 e. The van der Waals surface area contributed by atoms with Crippen LogP contribution in [0.2, 0.25) is 0 Å². The van der Waals surface area contributed by atoms with Crippen LogP contribution in [-0.4, -0.2) is 20.3 Å². The molecule has 114 valence electrons. The second-order valence-electron chi connectivity index (χ2n) is 6.29. The molecule has 1 aromatic carbocycles. The lowest BCUT2D eigenvalue weighted by molar-refractivity contribution is 0.292. The third-order valence-corrected chi connectivity index (χ3v) is 5.21. The first-order chi connectivity index (χ1) is 9.08. The molecule has 0 fully saturated rings. The number of nitrogens with one attached hydrogen (secondary N) is 1. The molecule has 0 radical (unpaired) electrons. The van der Waals surface area contributed by atoms with Gasteiger partial charge in [-0.1, -0.05) is 38.5 Å². The fraction of sp³-hybridized carbons (Fsp3) is 0.600. The number of aryl methyl sites for hydroxylation is 2. The minimum absolute atomic E-state index is 0.180. The molecule has 3 nitrogen and oxygen atoms in total. The molecule has 5 heteroatoms. The third kappa shape index (κ3) is 4.47. The molecule has 0 spiro atoms. The van der Waals surface area contributed by atoms with E-state index in [0.29, 0.717) is 17.2 Å². The molecule has 0 bridgehead atoms. The second-order valence-corrected chi connectivity index (χ2v) is 8.35. The summed E-state index contributed by atoms with van der Waals surface area (Å²) in [6, 6.07) is 5.16. The first-order valence-electron chi connectivity index (χ1n) is 6.73. The smallest absolute Gasteiger partial charge is 0.207 e. The molecule has 20 heavy (non-hydrogen) atoms. The molecule has 0 amide bonds. The highest BCUT2D eigenvalue weighted by molar-refractivity contribution is 7.89. The number of benzene rings is 1. The first-order valence-corrected chi connectivity index (χ1v) is 8.75. The van der Waals surface area contributed by atoms with E-state index in [2.05, 4.69) is 4.72 Å². The van der Waals surface area contributed by atoms with E-state index >= 15 is 0 Å². The quantitative estimate of drug-likeness (QED) is 0.843. The Morgan fingerprint density at radius 3 is 2.30 bits per heavy atom. The van der Waals surface area contributed by atoms with Gasteiger partial charge in [-0.15, -0.1) is 11.6 Å². The predicted octanol–water partition coefficient (Wildman–Crippen LogP) is 3.63. The Hall–Kier alpha value is -0.580. The summed E-state index contributed by atoms with van der Waals surface area (Å²) in [5.74, 6) is 0.428. The van der Waals surface area contributed by atoms with Crippen molar-refractivity contribution in [3.05, 3.63) is 29.3 Å². The second kappa shape index (κ2) is 6.46. The highest BCUT2D eigenvalue weighted by Crippen LogP contribution is 2.25. The average Bonchev–Trinajstić information content (AvgIpc) is 2.26. The molecular weight excluding hydrogens is 294 g/mol. The van der Waals surface area contributed by atoms with Crippen molar-refractivity contribution in [2.45, 2.75) is 52.0 Å². The Labute approximate surface area is 127 Å². The molecule has 0 aromatic heterocycles. The normalized spacial score (nSPS) is 14.3. The minimum atomic E-state index is -3.52. The molecule has 0 aliphatic carbocycles. The van der Waals surface area contributed by atoms with Crippen LogP contribution >= 0.6 is 11.6 Å². The molecule has 0 aliphatic rings. The van der Waals surface area contributed by atoms with Crippen LogP contribution < -0.4 is 4.72 Å². The van der Waals surface area contributed by atoms with Crippen LogP contribution in [-0.2, 0) is 10.0 Å². The lowest BCUT2D eigenvalue weighted by Crippen LogP contribution is -2.44. The topological polar surface area (TPSA) is 46.2 Å². The first kappa shape index (κ1) is 17.5. The fourth-order valence-corrected chi connectivity index (χ4v) is 4.05. The number of halogens is 1. The van der Waals surface area contributed by atoms with Crippen LogP contribution in [0.4, 0.5) is 0 Å². The molecule has 1 rings (SSSR count). The van der Waals surface area contributed by atoms with Gasteiger partial charge in [0.15, 0.2) is 0 Å². The zero-order valence-electron chi connectivity index (χ0n) is 12.8. The van der Waals surface area contributed by atoms with Crippen LogP contribution in [0.5, 0.6) is 0 Å². The maximum atomic E-state index is 12.5. The Morgan fingerprint density at radius 2 is 1.85 bits per heavy atom. The van der Waals surface area contributed by atoms with Gasteiger partial charge >= 0.3 is 0 Å². The van der Waals surface area contributed by atoms with Gasteiger partial charge in [-0.3, -0.25) is 0 Å². The van der Waals surface area contributed by atoms with E-state index in [1.54, 1.807) is 6.07 Å². The number of sulfonamides is 1. The van der Waals surface area contributed by atoms with Crippen molar-refractivity contribution in [2.24, 2.45) is 5.41 Å². The number of alkyl halides is 1. The summed E-state index contributed by atoms with van der Waals surface area (Å²) in [4.78, 5) is 0.340. The highest BCUT2D eigenvalue weighted by atomic mass is 35.5. The summed E-state index contributed by atoms with van der Waals surface area (Å²) in [6.45, 7) is 9.79. The standard InChI is InChI=1S/C15H24ClNO2S/c1-11-6-7-13(12(2)10-11)20(18,19)17-14(8-9-16)15(3,4)5/h6-7,10,14,17H,8-9H2,1-5H3. The summed E-state index contributed by atoms with van der Waals surface area (Å²) in [5.41, 5.74) is 1.63. The Balaban J connectivity index is 3.10. The van der Waals surface area contributed by atoms with Crippen molar-refractivity contribution in [1.29, 1.82) is 0 Å². The van der Waals surface area contributed by atoms with Gasteiger partial charge in [-0.05, 0) is 37.3 Å². The van der Waals surface area contributed by atoms with Crippen molar-refractivity contribution >= 4 is 21.6 Å². The molecule has 1 N–H and O–H groups in total. The van der Waals surface area contributed by atoms with E-state index in [-0.39, 0.29) is 11.5 Å². The maximum absolute atomic E-state index is 12.5. The lowest BCUT2D eigenvalue weighted by atomic mass is 9.86. The zero-order chi connectivity index (χ0) is 15.6. The van der Waals surface area contributed by atoms with Crippen molar-refractivity contribution < 1.29 is 8.42 Å². The number of hydrogen-bond donors (Lipinski definition) is 1. The molecule has 0 aliphatic heterocycles. The van der Waals surface area contributed by atoms with Crippen LogP contribution in [0, 0.1) is 19.3 Å². The number of hydrogen-bond acceptors (Lipinski definition) is 2. The van der Waals surface area contributed by atoms with Gasteiger partial charge in [-0.25, -0.2) is 13.1 Å². The summed E-state index contributed by atoms with van der Waals surface area (Å²) in [7, 11) is -3.52. The van der Waals surface area contributed by atoms with Crippen LogP contribution in [0.25, 0.3) is 0 Å². The van der Waals surface area contributed by atoms with Gasteiger partial charge in [-0.2, -0.15) is 0 Å². The molecule has 1 atom stereocenters. The van der Waals surface area contributed by atoms with E-state index < -0.39 is 10.0 Å². The van der Waals surface area contributed by atoms with Crippen LogP contribution in [0.15, 0.2) is 23.1 Å². The van der Waals surface area contributed by atoms with E-state index in [1.165, 1.54) is 0 Å². The van der Waals surface area contributed by atoms with Crippen LogP contribution in [0.1, 0.15) is 38.3 Å². The highest BCUT2D eigenvalue weighted by Gasteiger charge is 2.29. The SMILES string of the molecule is Cc1ccc(S(=O)(=O)NC(CCCl)C(C)(C)C)c(C)c1. The maximum Gasteiger partial charge on any atom is 0.241 e. The Morgan fingerprint density at radius 1 is 1.25 bits per heavy atom. The van der Waals surface area contributed by atoms with Crippen LogP contribution in [0.3, 0.4) is 0 Å². The molecule has 1 aromatic rings. The van der Waals surface area contributed by atoms with Gasteiger partial charge in [0.2, 0.25) is 10.0 Å². The summed E-state index contributed by atoms with van der Waals surface area (Å²) in [6.07, 6.45) is 0.606. The van der Waals surface area contributed by atoms with Crippen molar-refractivity contribution in [1.82, 2.24) is 4.72 Å². The van der Waals surface area contributed by atoms with Gasteiger partial charge in [0.1, 0.15) is 0 Å². The number of rotatable bonds is 5. The van der Waals surface area contributed by atoms with Crippen molar-refractivity contribution in [3.63, 3.8) is 0 Å². The van der Waals surface area contributed by atoms with E-state index in [1.807, 2.05) is 46.8 Å². The lowest BCUT2D eigenvalue weighted by Gasteiger charge is -2.31. The zero-order valence-corrected chi connectivity index (χ0v) is 14.4. The average molecular weight is 318 g/mol. The Bertz CT molecular complexity index is 562. The van der Waals surface area contributed by atoms with Gasteiger partial charge < -0.3 is 0 Å². The van der Waals surface area contributed by atoms with Gasteiger partial charge in [0, 0.05) is 11.9 Å². The molecule has 0 saturated heterocycles. The van der Waals surface area contributed by atoms with E-state index in [0.717, 1.165) is 11.1 Å². The van der Waals surface area contributed by atoms with E-state index in [4.69, 9.17) is 11.6 Å². The molecule has 0 saturated carbocycles. The summed E-state index contributed by atoms with van der Waals surface area (Å²) in [5, 5.41) is 0. The Kier molecular flexibility index (Phi) is 5.64. The van der Waals surface area contributed by atoms with Crippen molar-refractivity contribution in [2.75, 3.05) is 5.88 Å². The summed E-state index contributed by atoms with van der Waals surface area (Å²) < 4.78 is 27.9. The molecular formula is C15H24ClNO2S. The summed E-state index contributed by atoms with van der Waals surface area (Å²) >= 11 is 5.79. The fourth-order valence-electron chi connectivity index (χ4n) is 2.13. The van der Waals surface area contributed by atoms with Gasteiger partial charge in [0.05, 0.1) is 4.90 Å². The van der Waals surface area contributed by atoms with E-state index in [9.17, 15) is 8.42 Å². The molecule has 1 unspecified atom stereocenters. The minimum Gasteiger partial charge on any atom is -0.207 e. The third-order valence-electron chi connectivity index (χ3n) is 3.36. The van der Waals surface area contributed by atoms with Crippen molar-refractivity contribution in [3.8, 4) is 0 Å². The molecule has 0 heterocycles. The predicted molar refractivity (Wildman–Crippen MR) is 84.8 cm³/mol. The van der Waals surface area contributed by atoms with Gasteiger partial charge in [0.25, 0.3) is 0 Å².